The average Bonchev–Trinajstić information content (AvgIpc) is 2.89. The van der Waals surface area contributed by atoms with Gasteiger partial charge >= 0.3 is 0 Å². The molecule has 2 atom stereocenters. The molecule has 1 N–H and O–H groups in total. The number of pyridine rings is 1. The first-order chi connectivity index (χ1) is 11.7. The molecule has 3 heterocycles. The molecular weight excluding hydrogens is 306 g/mol. The van der Waals surface area contributed by atoms with Gasteiger partial charge in [-0.25, -0.2) is 0 Å². The molecule has 0 unspecified atom stereocenters. The van der Waals surface area contributed by atoms with E-state index >= 15 is 0 Å². The lowest BCUT2D eigenvalue weighted by Gasteiger charge is -2.25. The summed E-state index contributed by atoms with van der Waals surface area (Å²) in [5.74, 6) is 1.45. The summed E-state index contributed by atoms with van der Waals surface area (Å²) in [7, 11) is 1.85. The zero-order chi connectivity index (χ0) is 16.9. The van der Waals surface area contributed by atoms with Gasteiger partial charge in [-0.15, -0.1) is 0 Å². The Morgan fingerprint density at radius 2 is 2.08 bits per heavy atom. The molecule has 0 radical (unpaired) electrons. The lowest BCUT2D eigenvalue weighted by atomic mass is 9.94. The molecule has 126 valence electrons. The van der Waals surface area contributed by atoms with Gasteiger partial charge in [-0.05, 0) is 24.6 Å². The van der Waals surface area contributed by atoms with Crippen LogP contribution in [0.15, 0.2) is 36.9 Å². The van der Waals surface area contributed by atoms with Crippen molar-refractivity contribution in [1.29, 1.82) is 0 Å². The summed E-state index contributed by atoms with van der Waals surface area (Å²) in [5.41, 5.74) is 1.10. The van der Waals surface area contributed by atoms with Crippen molar-refractivity contribution in [2.75, 3.05) is 25.5 Å². The van der Waals surface area contributed by atoms with Crippen LogP contribution >= 0.6 is 0 Å². The van der Waals surface area contributed by atoms with Crippen LogP contribution in [0.4, 0.5) is 5.82 Å². The number of amides is 1. The second-order valence-electron chi connectivity index (χ2n) is 5.75. The number of anilines is 1. The molecule has 0 spiro atoms. The second kappa shape index (κ2) is 7.25. The maximum Gasteiger partial charge on any atom is 0.234 e. The third kappa shape index (κ3) is 3.45. The number of rotatable bonds is 6. The maximum absolute atomic E-state index is 12.2. The number of hydrogen-bond donors (Lipinski definition) is 1. The lowest BCUT2D eigenvalue weighted by molar-refractivity contribution is -0.127. The van der Waals surface area contributed by atoms with Crippen molar-refractivity contribution < 1.29 is 9.53 Å². The Morgan fingerprint density at radius 3 is 2.83 bits per heavy atom. The number of hydrogen-bond acceptors (Lipinski definition) is 6. The molecule has 1 aliphatic heterocycles. The van der Waals surface area contributed by atoms with Gasteiger partial charge in [-0.3, -0.25) is 14.8 Å². The van der Waals surface area contributed by atoms with Gasteiger partial charge in [0.15, 0.2) is 0 Å². The molecule has 7 nitrogen and oxygen atoms in total. The van der Waals surface area contributed by atoms with Gasteiger partial charge in [0.25, 0.3) is 0 Å². The maximum atomic E-state index is 12.2. The highest BCUT2D eigenvalue weighted by Crippen LogP contribution is 2.36. The molecule has 0 bridgehead atoms. The molecule has 1 saturated heterocycles. The van der Waals surface area contributed by atoms with Crippen molar-refractivity contribution in [3.05, 3.63) is 42.5 Å². The minimum atomic E-state index is 0.0380. The number of likely N-dealkylation sites (tertiary alicyclic amines) is 1. The molecule has 2 aromatic rings. The van der Waals surface area contributed by atoms with Crippen LogP contribution in [0.5, 0.6) is 5.88 Å². The fourth-order valence-electron chi connectivity index (χ4n) is 3.08. The highest BCUT2D eigenvalue weighted by molar-refractivity contribution is 5.79. The fourth-order valence-corrected chi connectivity index (χ4v) is 3.08. The van der Waals surface area contributed by atoms with Crippen molar-refractivity contribution in [2.24, 2.45) is 5.92 Å². The van der Waals surface area contributed by atoms with Crippen LogP contribution in [-0.2, 0) is 4.79 Å². The minimum Gasteiger partial charge on any atom is -0.477 e. The van der Waals surface area contributed by atoms with E-state index in [1.54, 1.807) is 24.8 Å². The van der Waals surface area contributed by atoms with Crippen LogP contribution in [0.25, 0.3) is 0 Å². The van der Waals surface area contributed by atoms with E-state index in [0.717, 1.165) is 5.56 Å². The number of ether oxygens (including phenoxy) is 1. The third-order valence-electron chi connectivity index (χ3n) is 4.19. The van der Waals surface area contributed by atoms with Gasteiger partial charge in [0.1, 0.15) is 5.82 Å². The number of nitrogens with zero attached hydrogens (tertiary/aromatic N) is 4. The summed E-state index contributed by atoms with van der Waals surface area (Å²) in [6.07, 6.45) is 7.27. The smallest absolute Gasteiger partial charge is 0.234 e. The first kappa shape index (κ1) is 16.2. The molecule has 3 rings (SSSR count). The quantitative estimate of drug-likeness (QED) is 0.873. The van der Waals surface area contributed by atoms with Crippen molar-refractivity contribution in [3.8, 4) is 5.88 Å². The predicted octanol–water partition coefficient (Wildman–Crippen LogP) is 1.90. The van der Waals surface area contributed by atoms with E-state index in [1.807, 2.05) is 31.0 Å². The Kier molecular flexibility index (Phi) is 4.88. The van der Waals surface area contributed by atoms with Crippen LogP contribution in [0.3, 0.4) is 0 Å². The molecule has 0 aromatic carbocycles. The van der Waals surface area contributed by atoms with Crippen LogP contribution < -0.4 is 10.1 Å². The summed E-state index contributed by atoms with van der Waals surface area (Å²) < 4.78 is 5.36. The second-order valence-corrected chi connectivity index (χ2v) is 5.75. The molecule has 0 saturated carbocycles. The summed E-state index contributed by atoms with van der Waals surface area (Å²) in [4.78, 5) is 26.5. The van der Waals surface area contributed by atoms with Gasteiger partial charge < -0.3 is 15.0 Å². The first-order valence-electron chi connectivity index (χ1n) is 8.03. The van der Waals surface area contributed by atoms with Gasteiger partial charge in [0, 0.05) is 38.3 Å². The molecule has 24 heavy (non-hydrogen) atoms. The Bertz CT molecular complexity index is 694. The molecule has 1 amide bonds. The Labute approximate surface area is 141 Å². The summed E-state index contributed by atoms with van der Waals surface area (Å²) in [5, 5.41) is 3.28. The van der Waals surface area contributed by atoms with Crippen LogP contribution in [0.2, 0.25) is 0 Å². The van der Waals surface area contributed by atoms with Crippen molar-refractivity contribution in [2.45, 2.75) is 19.4 Å². The largest absolute Gasteiger partial charge is 0.477 e. The van der Waals surface area contributed by atoms with Crippen molar-refractivity contribution in [3.63, 3.8) is 0 Å². The minimum absolute atomic E-state index is 0.0380. The molecule has 2 aromatic heterocycles. The third-order valence-corrected chi connectivity index (χ3v) is 4.19. The zero-order valence-electron chi connectivity index (χ0n) is 13.8. The summed E-state index contributed by atoms with van der Waals surface area (Å²) in [6, 6.07) is 3.96. The highest BCUT2D eigenvalue weighted by Gasteiger charge is 2.38. The van der Waals surface area contributed by atoms with E-state index in [-0.39, 0.29) is 17.9 Å². The van der Waals surface area contributed by atoms with Crippen LogP contribution in [0.1, 0.15) is 24.9 Å². The van der Waals surface area contributed by atoms with Gasteiger partial charge in [-0.1, -0.05) is 0 Å². The topological polar surface area (TPSA) is 80.2 Å². The Balaban J connectivity index is 1.71. The number of nitrogens with one attached hydrogen (secondary N) is 1. The summed E-state index contributed by atoms with van der Waals surface area (Å²) in [6.45, 7) is 3.08. The van der Waals surface area contributed by atoms with E-state index in [2.05, 4.69) is 20.3 Å². The zero-order valence-corrected chi connectivity index (χ0v) is 13.8. The lowest BCUT2D eigenvalue weighted by Crippen LogP contribution is -2.26. The number of carbonyl (C=O) groups excluding carboxylic acids is 1. The average molecular weight is 327 g/mol. The standard InChI is InChI=1S/C17H21N5O2/c1-3-24-15-11-19-10-14(21-15)20-9-13-8-16(23)22(2)17(13)12-4-6-18-7-5-12/h4-7,10-11,13,17H,3,8-9H2,1-2H3,(H,20,21)/t13-,17-/m0/s1. The van der Waals surface area contributed by atoms with Crippen LogP contribution in [0, 0.1) is 5.92 Å². The Morgan fingerprint density at radius 1 is 1.29 bits per heavy atom. The number of aromatic nitrogens is 3. The highest BCUT2D eigenvalue weighted by atomic mass is 16.5. The molecule has 0 aliphatic carbocycles. The Hall–Kier alpha value is -2.70. The molecule has 1 fully saturated rings. The fraction of sp³-hybridized carbons (Fsp3) is 0.412. The van der Waals surface area contributed by atoms with E-state index in [0.29, 0.717) is 31.3 Å². The SMILES string of the molecule is CCOc1cncc(NC[C@@H]2CC(=O)N(C)[C@H]2c2ccncc2)n1. The van der Waals surface area contributed by atoms with Crippen molar-refractivity contribution in [1.82, 2.24) is 19.9 Å². The van der Waals surface area contributed by atoms with Gasteiger partial charge in [-0.2, -0.15) is 4.98 Å². The normalized spacial score (nSPS) is 20.2. The monoisotopic (exact) mass is 327 g/mol. The first-order valence-corrected chi connectivity index (χ1v) is 8.03. The van der Waals surface area contributed by atoms with Crippen LogP contribution in [-0.4, -0.2) is 46.0 Å². The van der Waals surface area contributed by atoms with E-state index in [4.69, 9.17) is 4.74 Å². The van der Waals surface area contributed by atoms with Gasteiger partial charge in [0.05, 0.1) is 25.0 Å². The van der Waals surface area contributed by atoms with E-state index in [1.165, 1.54) is 0 Å². The number of carbonyl (C=O) groups is 1. The summed E-state index contributed by atoms with van der Waals surface area (Å²) >= 11 is 0. The van der Waals surface area contributed by atoms with Crippen molar-refractivity contribution >= 4 is 11.7 Å². The van der Waals surface area contributed by atoms with E-state index < -0.39 is 0 Å². The van der Waals surface area contributed by atoms with Gasteiger partial charge in [0.2, 0.25) is 11.8 Å². The van der Waals surface area contributed by atoms with E-state index in [9.17, 15) is 4.79 Å². The predicted molar refractivity (Wildman–Crippen MR) is 89.5 cm³/mol. The molecule has 1 aliphatic rings. The molecule has 7 heteroatoms. The molecular formula is C17H21N5O2.